The smallest absolute Gasteiger partial charge is 0.287 e. The monoisotopic (exact) mass is 513 g/mol. The molecule has 3 aromatic rings. The lowest BCUT2D eigenvalue weighted by Crippen LogP contribution is -2.42. The highest BCUT2D eigenvalue weighted by Gasteiger charge is 2.42. The fourth-order valence-electron chi connectivity index (χ4n) is 5.36. The molecule has 0 unspecified atom stereocenters. The van der Waals surface area contributed by atoms with Crippen LogP contribution in [-0.2, 0) is 6.54 Å². The number of aryl methyl sites for hydroxylation is 1. The van der Waals surface area contributed by atoms with Gasteiger partial charge in [-0.2, -0.15) is 0 Å². The Morgan fingerprint density at radius 3 is 2.79 bits per heavy atom. The molecule has 0 radical (unpaired) electrons. The van der Waals surface area contributed by atoms with Gasteiger partial charge in [-0.1, -0.05) is 22.4 Å². The van der Waals surface area contributed by atoms with Crippen LogP contribution in [0.1, 0.15) is 71.9 Å². The van der Waals surface area contributed by atoms with E-state index in [1.807, 2.05) is 37.3 Å². The standard InChI is InChI=1S/C26H28BrNO5/c1-15-22-20(8-9-21-23(22)18(29)13-26(33-21)10-4-3-5-11-26)32-24(15)25(30)28-14-16-12-17(27)6-7-19(16)31-2/h6-9,12,18,29H,3-5,10-11,13-14H2,1-2H3,(H,28,30)/t18-/m1/s1. The number of rotatable bonds is 4. The number of methoxy groups -OCH3 is 1. The van der Waals surface area contributed by atoms with E-state index in [4.69, 9.17) is 13.9 Å². The summed E-state index contributed by atoms with van der Waals surface area (Å²) < 4.78 is 18.7. The van der Waals surface area contributed by atoms with Crippen LogP contribution in [0.25, 0.3) is 11.0 Å². The number of nitrogens with one attached hydrogen (secondary N) is 1. The molecule has 1 aromatic heterocycles. The largest absolute Gasteiger partial charge is 0.496 e. The Morgan fingerprint density at radius 2 is 2.03 bits per heavy atom. The van der Waals surface area contributed by atoms with E-state index in [9.17, 15) is 9.90 Å². The van der Waals surface area contributed by atoms with Gasteiger partial charge in [0.05, 0.1) is 13.2 Å². The molecule has 33 heavy (non-hydrogen) atoms. The number of benzene rings is 2. The summed E-state index contributed by atoms with van der Waals surface area (Å²) in [7, 11) is 1.60. The Bertz CT molecular complexity index is 1210. The first-order valence-corrected chi connectivity index (χ1v) is 12.2. The number of fused-ring (bicyclic) bond motifs is 3. The predicted octanol–water partition coefficient (Wildman–Crippen LogP) is 5.96. The normalized spacial score (nSPS) is 19.2. The van der Waals surface area contributed by atoms with Crippen molar-refractivity contribution in [1.29, 1.82) is 0 Å². The first-order valence-electron chi connectivity index (χ1n) is 11.4. The zero-order valence-corrected chi connectivity index (χ0v) is 20.5. The van der Waals surface area contributed by atoms with Crippen molar-refractivity contribution in [2.24, 2.45) is 0 Å². The summed E-state index contributed by atoms with van der Waals surface area (Å²) in [6.07, 6.45) is 5.35. The molecule has 7 heteroatoms. The highest BCUT2D eigenvalue weighted by molar-refractivity contribution is 9.10. The molecule has 1 saturated carbocycles. The Labute approximate surface area is 201 Å². The molecule has 2 aliphatic rings. The first-order chi connectivity index (χ1) is 15.9. The molecule has 1 aliphatic heterocycles. The fraction of sp³-hybridized carbons (Fsp3) is 0.423. The van der Waals surface area contributed by atoms with Gasteiger partial charge in [-0.25, -0.2) is 0 Å². The molecular formula is C26H28BrNO5. The van der Waals surface area contributed by atoms with Crippen LogP contribution < -0.4 is 14.8 Å². The molecule has 1 spiro atoms. The van der Waals surface area contributed by atoms with Gasteiger partial charge in [0, 0.05) is 39.5 Å². The third kappa shape index (κ3) is 4.02. The second-order valence-electron chi connectivity index (χ2n) is 9.11. The number of hydrogen-bond donors (Lipinski definition) is 2. The number of hydrogen-bond acceptors (Lipinski definition) is 5. The maximum absolute atomic E-state index is 13.0. The molecule has 1 atom stereocenters. The zero-order chi connectivity index (χ0) is 23.2. The lowest BCUT2D eigenvalue weighted by atomic mass is 9.77. The van der Waals surface area contributed by atoms with Crippen molar-refractivity contribution in [3.8, 4) is 11.5 Å². The van der Waals surface area contributed by atoms with E-state index in [-0.39, 0.29) is 17.3 Å². The molecule has 2 N–H and O–H groups in total. The van der Waals surface area contributed by atoms with E-state index in [0.29, 0.717) is 35.6 Å². The third-order valence-electron chi connectivity index (χ3n) is 6.97. The van der Waals surface area contributed by atoms with Gasteiger partial charge in [0.2, 0.25) is 0 Å². The van der Waals surface area contributed by atoms with Crippen LogP contribution >= 0.6 is 15.9 Å². The maximum atomic E-state index is 13.0. The highest BCUT2D eigenvalue weighted by Crippen LogP contribution is 2.49. The minimum atomic E-state index is -0.645. The predicted molar refractivity (Wildman–Crippen MR) is 129 cm³/mol. The van der Waals surface area contributed by atoms with Crippen molar-refractivity contribution < 1.29 is 23.8 Å². The molecule has 2 aromatic carbocycles. The van der Waals surface area contributed by atoms with Gasteiger partial charge < -0.3 is 24.3 Å². The van der Waals surface area contributed by atoms with Crippen LogP contribution in [0.4, 0.5) is 0 Å². The van der Waals surface area contributed by atoms with Crippen molar-refractivity contribution in [2.45, 2.75) is 63.7 Å². The van der Waals surface area contributed by atoms with Crippen molar-refractivity contribution in [2.75, 3.05) is 7.11 Å². The average Bonchev–Trinajstić information content (AvgIpc) is 3.14. The molecule has 5 rings (SSSR count). The molecule has 0 saturated heterocycles. The number of carbonyl (C=O) groups excluding carboxylic acids is 1. The van der Waals surface area contributed by atoms with Crippen molar-refractivity contribution in [1.82, 2.24) is 5.32 Å². The van der Waals surface area contributed by atoms with Gasteiger partial charge in [0.15, 0.2) is 5.76 Å². The van der Waals surface area contributed by atoms with Gasteiger partial charge >= 0.3 is 0 Å². The lowest BCUT2D eigenvalue weighted by molar-refractivity contribution is -0.0373. The number of halogens is 1. The van der Waals surface area contributed by atoms with Crippen molar-refractivity contribution >= 4 is 32.8 Å². The van der Waals surface area contributed by atoms with E-state index in [1.54, 1.807) is 7.11 Å². The summed E-state index contributed by atoms with van der Waals surface area (Å²) in [5.74, 6) is 1.34. The molecule has 174 valence electrons. The van der Waals surface area contributed by atoms with E-state index in [1.165, 1.54) is 6.42 Å². The van der Waals surface area contributed by atoms with Crippen LogP contribution in [0.2, 0.25) is 0 Å². The van der Waals surface area contributed by atoms with E-state index < -0.39 is 6.10 Å². The topological polar surface area (TPSA) is 80.9 Å². The molecule has 6 nitrogen and oxygen atoms in total. The van der Waals surface area contributed by atoms with Gasteiger partial charge in [-0.15, -0.1) is 0 Å². The summed E-state index contributed by atoms with van der Waals surface area (Å²) in [6, 6.07) is 9.36. The Hall–Kier alpha value is -2.51. The number of aliphatic hydroxyl groups excluding tert-OH is 1. The average molecular weight is 514 g/mol. The van der Waals surface area contributed by atoms with E-state index in [2.05, 4.69) is 21.2 Å². The number of aliphatic hydroxyl groups is 1. The molecule has 1 fully saturated rings. The number of furan rings is 1. The maximum Gasteiger partial charge on any atom is 0.287 e. The minimum Gasteiger partial charge on any atom is -0.496 e. The van der Waals surface area contributed by atoms with Gasteiger partial charge in [0.25, 0.3) is 5.91 Å². The lowest BCUT2D eigenvalue weighted by Gasteiger charge is -2.43. The van der Waals surface area contributed by atoms with Crippen LogP contribution in [0.15, 0.2) is 39.2 Å². The van der Waals surface area contributed by atoms with Gasteiger partial charge in [0.1, 0.15) is 22.7 Å². The number of ether oxygens (including phenoxy) is 2. The zero-order valence-electron chi connectivity index (χ0n) is 18.9. The van der Waals surface area contributed by atoms with Crippen molar-refractivity contribution in [3.05, 3.63) is 57.3 Å². The minimum absolute atomic E-state index is 0.248. The molecule has 0 bridgehead atoms. The van der Waals surface area contributed by atoms with E-state index >= 15 is 0 Å². The van der Waals surface area contributed by atoms with Crippen molar-refractivity contribution in [3.63, 3.8) is 0 Å². The quantitative estimate of drug-likeness (QED) is 0.449. The Morgan fingerprint density at radius 1 is 1.24 bits per heavy atom. The fourth-order valence-corrected chi connectivity index (χ4v) is 5.77. The highest BCUT2D eigenvalue weighted by atomic mass is 79.9. The molecule has 2 heterocycles. The summed E-state index contributed by atoms with van der Waals surface area (Å²) in [5.41, 5.74) is 2.60. The van der Waals surface area contributed by atoms with Gasteiger partial charge in [-0.3, -0.25) is 4.79 Å². The summed E-state index contributed by atoms with van der Waals surface area (Å²) in [4.78, 5) is 13.0. The SMILES string of the molecule is COc1ccc(Br)cc1CNC(=O)c1oc2ccc3c(c2c1C)[C@H](O)CC1(CCCCC1)O3. The van der Waals surface area contributed by atoms with E-state index in [0.717, 1.165) is 46.7 Å². The second kappa shape index (κ2) is 8.69. The molecular weight excluding hydrogens is 486 g/mol. The Balaban J connectivity index is 1.44. The third-order valence-corrected chi connectivity index (χ3v) is 7.47. The molecule has 1 amide bonds. The number of amides is 1. The number of carbonyl (C=O) groups is 1. The first kappa shape index (κ1) is 22.3. The van der Waals surface area contributed by atoms with Crippen LogP contribution in [-0.4, -0.2) is 23.7 Å². The summed E-state index contributed by atoms with van der Waals surface area (Å²) in [5, 5.41) is 14.8. The van der Waals surface area contributed by atoms with Crippen LogP contribution in [0, 0.1) is 6.92 Å². The molecule has 1 aliphatic carbocycles. The Kier molecular flexibility index (Phi) is 5.87. The summed E-state index contributed by atoms with van der Waals surface area (Å²) in [6.45, 7) is 2.16. The summed E-state index contributed by atoms with van der Waals surface area (Å²) >= 11 is 3.46. The second-order valence-corrected chi connectivity index (χ2v) is 10.0. The van der Waals surface area contributed by atoms with Crippen LogP contribution in [0.5, 0.6) is 11.5 Å². The van der Waals surface area contributed by atoms with Crippen LogP contribution in [0.3, 0.4) is 0 Å². The van der Waals surface area contributed by atoms with Gasteiger partial charge in [-0.05, 0) is 62.9 Å².